The molecule has 104 valence electrons. The lowest BCUT2D eigenvalue weighted by Gasteiger charge is -2.09. The van der Waals surface area contributed by atoms with E-state index in [1.165, 1.54) is 0 Å². The Labute approximate surface area is 122 Å². The van der Waals surface area contributed by atoms with Crippen molar-refractivity contribution in [3.8, 4) is 0 Å². The Bertz CT molecular complexity index is 632. The summed E-state index contributed by atoms with van der Waals surface area (Å²) in [6.45, 7) is 0. The molecule has 0 radical (unpaired) electrons. The molecule has 0 saturated carbocycles. The van der Waals surface area contributed by atoms with Crippen molar-refractivity contribution in [3.63, 3.8) is 0 Å². The summed E-state index contributed by atoms with van der Waals surface area (Å²) in [5.74, 6) is 4.14. The molecule has 0 bridgehead atoms. The molecule has 4 nitrogen and oxygen atoms in total. The van der Waals surface area contributed by atoms with Crippen LogP contribution in [-0.4, -0.2) is 5.96 Å². The lowest BCUT2D eigenvalue weighted by Crippen LogP contribution is -2.36. The van der Waals surface area contributed by atoms with E-state index in [0.29, 0.717) is 5.69 Å². The number of anilines is 1. The lowest BCUT2D eigenvalue weighted by atomic mass is 10.3. The van der Waals surface area contributed by atoms with Crippen molar-refractivity contribution < 1.29 is 8.78 Å². The highest BCUT2D eigenvalue weighted by Gasteiger charge is 2.08. The normalized spacial score (nSPS) is 11.3. The fourth-order valence-corrected chi connectivity index (χ4v) is 1.79. The van der Waals surface area contributed by atoms with Crippen molar-refractivity contribution in [3.05, 3.63) is 58.6 Å². The zero-order valence-electron chi connectivity index (χ0n) is 10.2. The molecule has 2 rings (SSSR count). The van der Waals surface area contributed by atoms with E-state index in [0.717, 1.165) is 12.1 Å². The van der Waals surface area contributed by atoms with Crippen molar-refractivity contribution in [2.24, 2.45) is 10.8 Å². The molecule has 20 heavy (non-hydrogen) atoms. The number of hydrogen-bond donors (Lipinski definition) is 3. The van der Waals surface area contributed by atoms with Crippen molar-refractivity contribution in [2.45, 2.75) is 0 Å². The molecule has 2 aromatic rings. The minimum atomic E-state index is -0.666. The smallest absolute Gasteiger partial charge is 0.215 e. The van der Waals surface area contributed by atoms with Gasteiger partial charge in [-0.15, -0.1) is 0 Å². The molecular formula is C13H11BrF2N4. The van der Waals surface area contributed by atoms with Crippen molar-refractivity contribution in [2.75, 3.05) is 5.32 Å². The summed E-state index contributed by atoms with van der Waals surface area (Å²) < 4.78 is 27.1. The van der Waals surface area contributed by atoms with Crippen LogP contribution in [0.3, 0.4) is 0 Å². The molecule has 4 N–H and O–H groups in total. The quantitative estimate of drug-likeness (QED) is 0.258. The summed E-state index contributed by atoms with van der Waals surface area (Å²) in [5, 5.41) is 2.85. The zero-order chi connectivity index (χ0) is 14.5. The maximum atomic E-state index is 13.7. The summed E-state index contributed by atoms with van der Waals surface area (Å²) in [6, 6.07) is 11.0. The SMILES string of the molecule is NNC(=Nc1cc(F)c(Br)cc1F)Nc1ccccc1. The van der Waals surface area contributed by atoms with Gasteiger partial charge in [0.25, 0.3) is 0 Å². The number of guanidine groups is 1. The van der Waals surface area contributed by atoms with Crippen LogP contribution in [0.4, 0.5) is 20.2 Å². The maximum Gasteiger partial charge on any atom is 0.215 e. The van der Waals surface area contributed by atoms with Crippen molar-refractivity contribution in [1.29, 1.82) is 0 Å². The van der Waals surface area contributed by atoms with Gasteiger partial charge in [0, 0.05) is 11.8 Å². The Kier molecular flexibility index (Phi) is 4.65. The number of aliphatic imine (C=N–C) groups is 1. The van der Waals surface area contributed by atoms with Gasteiger partial charge in [0.1, 0.15) is 17.3 Å². The Balaban J connectivity index is 2.29. The van der Waals surface area contributed by atoms with Crippen LogP contribution in [0.2, 0.25) is 0 Å². The summed E-state index contributed by atoms with van der Waals surface area (Å²) >= 11 is 2.90. The van der Waals surface area contributed by atoms with Crippen LogP contribution in [0.25, 0.3) is 0 Å². The third-order valence-corrected chi connectivity index (χ3v) is 3.00. The number of para-hydroxylation sites is 1. The summed E-state index contributed by atoms with van der Waals surface area (Å²) in [7, 11) is 0. The Morgan fingerprint density at radius 2 is 1.80 bits per heavy atom. The number of nitrogens with zero attached hydrogens (tertiary/aromatic N) is 1. The fraction of sp³-hybridized carbons (Fsp3) is 0. The average Bonchev–Trinajstić information content (AvgIpc) is 2.45. The molecule has 2 aromatic carbocycles. The third-order valence-electron chi connectivity index (χ3n) is 2.40. The van der Waals surface area contributed by atoms with Crippen LogP contribution in [0.15, 0.2) is 51.9 Å². The second-order valence-corrected chi connectivity index (χ2v) is 4.67. The Morgan fingerprint density at radius 1 is 1.10 bits per heavy atom. The van der Waals surface area contributed by atoms with Crippen LogP contribution >= 0.6 is 15.9 Å². The first-order valence-electron chi connectivity index (χ1n) is 5.62. The summed E-state index contributed by atoms with van der Waals surface area (Å²) in [4.78, 5) is 3.91. The average molecular weight is 341 g/mol. The molecule has 0 aliphatic rings. The molecule has 0 heterocycles. The van der Waals surface area contributed by atoms with Gasteiger partial charge in [0.15, 0.2) is 0 Å². The van der Waals surface area contributed by atoms with Gasteiger partial charge in [-0.2, -0.15) is 0 Å². The standard InChI is InChI=1S/C13H11BrF2N4/c14-9-6-11(16)12(7-10(9)15)19-13(20-17)18-8-4-2-1-3-5-8/h1-7H,17H2,(H2,18,19,20). The number of hydrazine groups is 1. The first-order chi connectivity index (χ1) is 9.60. The number of nitrogens with one attached hydrogen (secondary N) is 2. The lowest BCUT2D eigenvalue weighted by molar-refractivity contribution is 0.596. The molecule has 0 saturated heterocycles. The number of benzene rings is 2. The topological polar surface area (TPSA) is 62.4 Å². The van der Waals surface area contributed by atoms with E-state index in [9.17, 15) is 8.78 Å². The van der Waals surface area contributed by atoms with E-state index in [1.54, 1.807) is 12.1 Å². The van der Waals surface area contributed by atoms with Crippen LogP contribution < -0.4 is 16.6 Å². The molecule has 0 aliphatic heterocycles. The first kappa shape index (κ1) is 14.4. The highest BCUT2D eigenvalue weighted by atomic mass is 79.9. The Morgan fingerprint density at radius 3 is 2.45 bits per heavy atom. The zero-order valence-corrected chi connectivity index (χ0v) is 11.8. The van der Waals surface area contributed by atoms with Crippen LogP contribution in [0, 0.1) is 11.6 Å². The van der Waals surface area contributed by atoms with E-state index in [4.69, 9.17) is 5.84 Å². The van der Waals surface area contributed by atoms with Crippen molar-refractivity contribution in [1.82, 2.24) is 5.43 Å². The van der Waals surface area contributed by atoms with Crippen LogP contribution in [0.5, 0.6) is 0 Å². The van der Waals surface area contributed by atoms with E-state index < -0.39 is 11.6 Å². The molecule has 0 amide bonds. The highest BCUT2D eigenvalue weighted by Crippen LogP contribution is 2.25. The molecule has 0 spiro atoms. The Hall–Kier alpha value is -1.99. The summed E-state index contributed by atoms with van der Waals surface area (Å²) in [5.41, 5.74) is 2.84. The van der Waals surface area contributed by atoms with Gasteiger partial charge in [-0.05, 0) is 34.1 Å². The monoisotopic (exact) mass is 340 g/mol. The molecule has 7 heteroatoms. The van der Waals surface area contributed by atoms with E-state index in [2.05, 4.69) is 31.7 Å². The first-order valence-corrected chi connectivity index (χ1v) is 6.41. The minimum absolute atomic E-state index is 0.0345. The second kappa shape index (κ2) is 6.44. The van der Waals surface area contributed by atoms with E-state index in [-0.39, 0.29) is 16.1 Å². The van der Waals surface area contributed by atoms with E-state index >= 15 is 0 Å². The predicted octanol–water partition coefficient (Wildman–Crippen LogP) is 3.29. The minimum Gasteiger partial charge on any atom is -0.325 e. The fourth-order valence-electron chi connectivity index (χ4n) is 1.47. The van der Waals surface area contributed by atoms with Crippen molar-refractivity contribution >= 4 is 33.3 Å². The maximum absolute atomic E-state index is 13.7. The van der Waals surface area contributed by atoms with Gasteiger partial charge < -0.3 is 5.32 Å². The number of nitrogens with two attached hydrogens (primary N) is 1. The number of hydrogen-bond acceptors (Lipinski definition) is 2. The van der Waals surface area contributed by atoms with Crippen LogP contribution in [-0.2, 0) is 0 Å². The van der Waals surface area contributed by atoms with E-state index in [1.807, 2.05) is 18.2 Å². The number of rotatable bonds is 2. The summed E-state index contributed by atoms with van der Waals surface area (Å²) in [6.07, 6.45) is 0. The second-order valence-electron chi connectivity index (χ2n) is 3.81. The largest absolute Gasteiger partial charge is 0.325 e. The van der Waals surface area contributed by atoms with Gasteiger partial charge in [0.05, 0.1) is 4.47 Å². The third kappa shape index (κ3) is 3.52. The highest BCUT2D eigenvalue weighted by molar-refractivity contribution is 9.10. The molecule has 0 fully saturated rings. The van der Waals surface area contributed by atoms with Gasteiger partial charge >= 0.3 is 0 Å². The number of halogens is 3. The molecule has 0 aromatic heterocycles. The van der Waals surface area contributed by atoms with Crippen LogP contribution in [0.1, 0.15) is 0 Å². The van der Waals surface area contributed by atoms with Gasteiger partial charge in [-0.25, -0.2) is 19.6 Å². The van der Waals surface area contributed by atoms with Gasteiger partial charge in [0.2, 0.25) is 5.96 Å². The predicted molar refractivity (Wildman–Crippen MR) is 78.5 cm³/mol. The molecular weight excluding hydrogens is 330 g/mol. The molecule has 0 unspecified atom stereocenters. The molecule has 0 atom stereocenters. The van der Waals surface area contributed by atoms with Gasteiger partial charge in [-0.3, -0.25) is 5.43 Å². The van der Waals surface area contributed by atoms with Gasteiger partial charge in [-0.1, -0.05) is 18.2 Å². The molecule has 0 aliphatic carbocycles.